The van der Waals surface area contributed by atoms with Gasteiger partial charge in [0.15, 0.2) is 0 Å². The van der Waals surface area contributed by atoms with Crippen LogP contribution in [-0.2, 0) is 10.2 Å². The molecule has 92 valence electrons. The molecule has 2 nitrogen and oxygen atoms in total. The predicted octanol–water partition coefficient (Wildman–Crippen LogP) is 3.06. The molecule has 1 amide bonds. The van der Waals surface area contributed by atoms with E-state index in [4.69, 9.17) is 0 Å². The SMILES string of the molecule is CSCCCN1C(=O)C(C)(C)c2ccccc21. The second-order valence-corrected chi connectivity index (χ2v) is 5.93. The van der Waals surface area contributed by atoms with Crippen LogP contribution in [0.5, 0.6) is 0 Å². The van der Waals surface area contributed by atoms with Gasteiger partial charge in [-0.15, -0.1) is 0 Å². The summed E-state index contributed by atoms with van der Waals surface area (Å²) in [6.07, 6.45) is 3.15. The Morgan fingerprint density at radius 2 is 2.00 bits per heavy atom. The average molecular weight is 249 g/mol. The van der Waals surface area contributed by atoms with Crippen LogP contribution >= 0.6 is 11.8 Å². The molecule has 0 radical (unpaired) electrons. The highest BCUT2D eigenvalue weighted by Gasteiger charge is 2.42. The molecule has 0 spiro atoms. The van der Waals surface area contributed by atoms with Gasteiger partial charge in [0.1, 0.15) is 0 Å². The fourth-order valence-electron chi connectivity index (χ4n) is 2.39. The van der Waals surface area contributed by atoms with Crippen molar-refractivity contribution in [1.29, 1.82) is 0 Å². The third-order valence-corrected chi connectivity index (χ3v) is 4.08. The summed E-state index contributed by atoms with van der Waals surface area (Å²) in [6, 6.07) is 8.15. The molecule has 3 heteroatoms. The van der Waals surface area contributed by atoms with E-state index in [1.54, 1.807) is 0 Å². The van der Waals surface area contributed by atoms with Crippen LogP contribution in [0.4, 0.5) is 5.69 Å². The van der Waals surface area contributed by atoms with E-state index in [1.165, 1.54) is 0 Å². The van der Waals surface area contributed by atoms with Crippen molar-refractivity contribution in [1.82, 2.24) is 0 Å². The van der Waals surface area contributed by atoms with E-state index >= 15 is 0 Å². The van der Waals surface area contributed by atoms with Crippen LogP contribution in [0.3, 0.4) is 0 Å². The molecule has 0 saturated carbocycles. The van der Waals surface area contributed by atoms with E-state index in [0.29, 0.717) is 0 Å². The third-order valence-electron chi connectivity index (χ3n) is 3.38. The molecule has 0 saturated heterocycles. The standard InChI is InChI=1S/C14H19NOS/c1-14(2)11-7-4-5-8-12(11)15(13(14)16)9-6-10-17-3/h4-5,7-8H,6,9-10H2,1-3H3. The fourth-order valence-corrected chi connectivity index (χ4v) is 2.81. The van der Waals surface area contributed by atoms with E-state index in [1.807, 2.05) is 42.6 Å². The van der Waals surface area contributed by atoms with Crippen molar-refractivity contribution < 1.29 is 4.79 Å². The van der Waals surface area contributed by atoms with Crippen LogP contribution < -0.4 is 4.90 Å². The van der Waals surface area contributed by atoms with Crippen LogP contribution in [0.25, 0.3) is 0 Å². The van der Waals surface area contributed by atoms with Gasteiger partial charge in [0.25, 0.3) is 0 Å². The minimum Gasteiger partial charge on any atom is -0.311 e. The van der Waals surface area contributed by atoms with Crippen LogP contribution in [0.15, 0.2) is 24.3 Å². The zero-order valence-corrected chi connectivity index (χ0v) is 11.5. The average Bonchev–Trinajstić information content (AvgIpc) is 2.51. The summed E-state index contributed by atoms with van der Waals surface area (Å²) in [5, 5.41) is 0. The summed E-state index contributed by atoms with van der Waals surface area (Å²) in [5.74, 6) is 1.34. The molecule has 1 aliphatic rings. The molecule has 2 rings (SSSR count). The lowest BCUT2D eigenvalue weighted by atomic mass is 9.86. The molecule has 1 aliphatic heterocycles. The number of benzene rings is 1. The summed E-state index contributed by atoms with van der Waals surface area (Å²) in [4.78, 5) is 14.3. The Morgan fingerprint density at radius 1 is 1.29 bits per heavy atom. The molecule has 0 bridgehead atoms. The van der Waals surface area contributed by atoms with Gasteiger partial charge in [-0.05, 0) is 43.9 Å². The summed E-state index contributed by atoms with van der Waals surface area (Å²) in [5.41, 5.74) is 1.90. The molecule has 0 N–H and O–H groups in total. The molecular weight excluding hydrogens is 230 g/mol. The maximum Gasteiger partial charge on any atom is 0.237 e. The van der Waals surface area contributed by atoms with Crippen molar-refractivity contribution in [3.8, 4) is 0 Å². The molecule has 0 unspecified atom stereocenters. The highest BCUT2D eigenvalue weighted by molar-refractivity contribution is 7.98. The number of anilines is 1. The predicted molar refractivity (Wildman–Crippen MR) is 74.8 cm³/mol. The van der Waals surface area contributed by atoms with Gasteiger partial charge < -0.3 is 4.90 Å². The molecule has 1 aromatic rings. The molecular formula is C14H19NOS. The monoisotopic (exact) mass is 249 g/mol. The van der Waals surface area contributed by atoms with Crippen molar-refractivity contribution in [3.05, 3.63) is 29.8 Å². The first-order chi connectivity index (χ1) is 8.09. The van der Waals surface area contributed by atoms with Gasteiger partial charge in [0.2, 0.25) is 5.91 Å². The van der Waals surface area contributed by atoms with Crippen LogP contribution in [0.1, 0.15) is 25.8 Å². The second-order valence-electron chi connectivity index (χ2n) is 4.95. The zero-order valence-electron chi connectivity index (χ0n) is 10.7. The number of amides is 1. The summed E-state index contributed by atoms with van der Waals surface area (Å²) in [6.45, 7) is 4.87. The van der Waals surface area contributed by atoms with E-state index in [0.717, 1.165) is 30.0 Å². The largest absolute Gasteiger partial charge is 0.311 e. The molecule has 0 aromatic heterocycles. The molecule has 0 fully saturated rings. The lowest BCUT2D eigenvalue weighted by Crippen LogP contribution is -2.36. The highest BCUT2D eigenvalue weighted by atomic mass is 32.2. The number of hydrogen-bond acceptors (Lipinski definition) is 2. The van der Waals surface area contributed by atoms with Crippen LogP contribution in [-0.4, -0.2) is 24.5 Å². The van der Waals surface area contributed by atoms with E-state index < -0.39 is 0 Å². The van der Waals surface area contributed by atoms with Crippen LogP contribution in [0, 0.1) is 0 Å². The molecule has 0 atom stereocenters. The van der Waals surface area contributed by atoms with Gasteiger partial charge in [-0.2, -0.15) is 11.8 Å². The lowest BCUT2D eigenvalue weighted by molar-refractivity contribution is -0.122. The lowest BCUT2D eigenvalue weighted by Gasteiger charge is -2.20. The highest BCUT2D eigenvalue weighted by Crippen LogP contribution is 2.41. The first-order valence-electron chi connectivity index (χ1n) is 5.99. The maximum absolute atomic E-state index is 12.4. The molecule has 0 aliphatic carbocycles. The number of carbonyl (C=O) groups is 1. The number of hydrogen-bond donors (Lipinski definition) is 0. The number of fused-ring (bicyclic) bond motifs is 1. The van der Waals surface area contributed by atoms with Gasteiger partial charge in [-0.1, -0.05) is 18.2 Å². The quantitative estimate of drug-likeness (QED) is 0.764. The first kappa shape index (κ1) is 12.5. The van der Waals surface area contributed by atoms with Crippen molar-refractivity contribution in [2.75, 3.05) is 23.5 Å². The van der Waals surface area contributed by atoms with Crippen molar-refractivity contribution >= 4 is 23.4 Å². The number of thioether (sulfide) groups is 1. The third kappa shape index (κ3) is 2.08. The zero-order chi connectivity index (χ0) is 12.5. The number of carbonyl (C=O) groups excluding carboxylic acids is 1. The minimum atomic E-state index is -0.365. The Kier molecular flexibility index (Phi) is 3.48. The topological polar surface area (TPSA) is 20.3 Å². The maximum atomic E-state index is 12.4. The Hall–Kier alpha value is -0.960. The van der Waals surface area contributed by atoms with E-state index in [-0.39, 0.29) is 11.3 Å². The van der Waals surface area contributed by atoms with E-state index in [9.17, 15) is 4.79 Å². The van der Waals surface area contributed by atoms with Gasteiger partial charge in [0, 0.05) is 12.2 Å². The van der Waals surface area contributed by atoms with Gasteiger partial charge in [-0.3, -0.25) is 4.79 Å². The van der Waals surface area contributed by atoms with Gasteiger partial charge in [0.05, 0.1) is 5.41 Å². The van der Waals surface area contributed by atoms with Gasteiger partial charge in [-0.25, -0.2) is 0 Å². The Balaban J connectivity index is 2.27. The fraction of sp³-hybridized carbons (Fsp3) is 0.500. The first-order valence-corrected chi connectivity index (χ1v) is 7.39. The summed E-state index contributed by atoms with van der Waals surface area (Å²) in [7, 11) is 0. The minimum absolute atomic E-state index is 0.236. The van der Waals surface area contributed by atoms with Crippen molar-refractivity contribution in [2.45, 2.75) is 25.7 Å². The summed E-state index contributed by atoms with van der Waals surface area (Å²) >= 11 is 1.83. The number of nitrogens with zero attached hydrogens (tertiary/aromatic N) is 1. The van der Waals surface area contributed by atoms with Crippen molar-refractivity contribution in [3.63, 3.8) is 0 Å². The summed E-state index contributed by atoms with van der Waals surface area (Å²) < 4.78 is 0. The number of para-hydroxylation sites is 1. The molecule has 1 aromatic carbocycles. The van der Waals surface area contributed by atoms with Gasteiger partial charge >= 0.3 is 0 Å². The smallest absolute Gasteiger partial charge is 0.237 e. The number of rotatable bonds is 4. The normalized spacial score (nSPS) is 17.4. The second kappa shape index (κ2) is 4.73. The van der Waals surface area contributed by atoms with Crippen LogP contribution in [0.2, 0.25) is 0 Å². The van der Waals surface area contributed by atoms with Crippen molar-refractivity contribution in [2.24, 2.45) is 0 Å². The molecule has 17 heavy (non-hydrogen) atoms. The van der Waals surface area contributed by atoms with E-state index in [2.05, 4.69) is 18.4 Å². The Labute approximate surface area is 107 Å². The Bertz CT molecular complexity index is 428. The molecule has 1 heterocycles. The Morgan fingerprint density at radius 3 is 2.71 bits per heavy atom.